The van der Waals surface area contributed by atoms with E-state index in [-0.39, 0.29) is 17.7 Å². The SMILES string of the molecule is CN1C[C@@H](C(=O)NCCn2ncc(-c3ccncc3)c2C2CC2)CC1=O. The fourth-order valence-electron chi connectivity index (χ4n) is 3.58. The van der Waals surface area contributed by atoms with Crippen LogP contribution in [-0.4, -0.2) is 51.6 Å². The standard InChI is InChI=1S/C19H23N5O2/c1-23-12-15(10-17(23)25)19(26)21-8-9-24-18(14-2-3-14)16(11-22-24)13-4-6-20-7-5-13/h4-7,11,14-15H,2-3,8-10,12H2,1H3,(H,21,26)/t15-/m0/s1. The van der Waals surface area contributed by atoms with E-state index in [2.05, 4.69) is 15.4 Å². The summed E-state index contributed by atoms with van der Waals surface area (Å²) in [5.74, 6) is 0.310. The lowest BCUT2D eigenvalue weighted by molar-refractivity contribution is -0.128. The highest BCUT2D eigenvalue weighted by Crippen LogP contribution is 2.44. The molecule has 0 radical (unpaired) electrons. The van der Waals surface area contributed by atoms with Crippen molar-refractivity contribution in [3.8, 4) is 11.1 Å². The van der Waals surface area contributed by atoms with Crippen LogP contribution >= 0.6 is 0 Å². The van der Waals surface area contributed by atoms with Crippen molar-refractivity contribution in [3.63, 3.8) is 0 Å². The van der Waals surface area contributed by atoms with Crippen LogP contribution < -0.4 is 5.32 Å². The average Bonchev–Trinajstić information content (AvgIpc) is 3.32. The number of nitrogens with zero attached hydrogens (tertiary/aromatic N) is 4. The number of rotatable bonds is 6. The van der Waals surface area contributed by atoms with Gasteiger partial charge in [0.15, 0.2) is 0 Å². The third kappa shape index (κ3) is 3.34. The van der Waals surface area contributed by atoms with Crippen LogP contribution in [0.5, 0.6) is 0 Å². The van der Waals surface area contributed by atoms with E-state index in [1.807, 2.05) is 23.0 Å². The van der Waals surface area contributed by atoms with E-state index in [4.69, 9.17) is 0 Å². The molecule has 0 aromatic carbocycles. The van der Waals surface area contributed by atoms with E-state index >= 15 is 0 Å². The number of hydrogen-bond donors (Lipinski definition) is 1. The topological polar surface area (TPSA) is 80.1 Å². The molecular formula is C19H23N5O2. The molecule has 1 aliphatic carbocycles. The van der Waals surface area contributed by atoms with Gasteiger partial charge in [0, 0.05) is 56.1 Å². The highest BCUT2D eigenvalue weighted by molar-refractivity contribution is 5.89. The van der Waals surface area contributed by atoms with Gasteiger partial charge in [0.05, 0.1) is 18.7 Å². The van der Waals surface area contributed by atoms with Crippen LogP contribution in [0.3, 0.4) is 0 Å². The van der Waals surface area contributed by atoms with Crippen molar-refractivity contribution in [2.45, 2.75) is 31.7 Å². The molecule has 1 N–H and O–H groups in total. The molecule has 0 spiro atoms. The number of nitrogens with one attached hydrogen (secondary N) is 1. The van der Waals surface area contributed by atoms with Crippen molar-refractivity contribution >= 4 is 11.8 Å². The Morgan fingerprint density at radius 2 is 2.08 bits per heavy atom. The lowest BCUT2D eigenvalue weighted by Gasteiger charge is -2.13. The molecule has 0 unspecified atom stereocenters. The summed E-state index contributed by atoms with van der Waals surface area (Å²) in [6, 6.07) is 4.01. The van der Waals surface area contributed by atoms with Crippen molar-refractivity contribution in [2.75, 3.05) is 20.1 Å². The molecule has 3 heterocycles. The van der Waals surface area contributed by atoms with E-state index in [9.17, 15) is 9.59 Å². The quantitative estimate of drug-likeness (QED) is 0.852. The van der Waals surface area contributed by atoms with Gasteiger partial charge in [-0.1, -0.05) is 0 Å². The normalized spacial score (nSPS) is 19.8. The Morgan fingerprint density at radius 3 is 2.73 bits per heavy atom. The van der Waals surface area contributed by atoms with Crippen molar-refractivity contribution in [1.29, 1.82) is 0 Å². The van der Waals surface area contributed by atoms with Gasteiger partial charge in [0.2, 0.25) is 11.8 Å². The molecule has 1 saturated carbocycles. The molecule has 2 aliphatic rings. The van der Waals surface area contributed by atoms with E-state index in [1.54, 1.807) is 24.3 Å². The third-order valence-electron chi connectivity index (χ3n) is 5.17. The minimum atomic E-state index is -0.236. The Morgan fingerprint density at radius 1 is 1.31 bits per heavy atom. The molecule has 1 saturated heterocycles. The van der Waals surface area contributed by atoms with Gasteiger partial charge in [-0.05, 0) is 30.5 Å². The number of likely N-dealkylation sites (tertiary alicyclic amines) is 1. The third-order valence-corrected chi connectivity index (χ3v) is 5.17. The minimum Gasteiger partial charge on any atom is -0.354 e. The molecule has 26 heavy (non-hydrogen) atoms. The second-order valence-corrected chi connectivity index (χ2v) is 7.14. The maximum Gasteiger partial charge on any atom is 0.225 e. The van der Waals surface area contributed by atoms with Gasteiger partial charge in [-0.2, -0.15) is 5.10 Å². The molecule has 7 heteroatoms. The van der Waals surface area contributed by atoms with Crippen LogP contribution in [0.4, 0.5) is 0 Å². The van der Waals surface area contributed by atoms with Gasteiger partial charge < -0.3 is 10.2 Å². The zero-order valence-corrected chi connectivity index (χ0v) is 14.9. The Kier molecular flexibility index (Phi) is 4.44. The first-order valence-electron chi connectivity index (χ1n) is 9.11. The Labute approximate surface area is 152 Å². The van der Waals surface area contributed by atoms with Gasteiger partial charge in [0.25, 0.3) is 0 Å². The van der Waals surface area contributed by atoms with E-state index in [1.165, 1.54) is 18.5 Å². The van der Waals surface area contributed by atoms with Crippen LogP contribution in [0, 0.1) is 5.92 Å². The van der Waals surface area contributed by atoms with Gasteiger partial charge in [0.1, 0.15) is 0 Å². The molecule has 4 rings (SSSR count). The number of hydrogen-bond acceptors (Lipinski definition) is 4. The first kappa shape index (κ1) is 16.8. The summed E-state index contributed by atoms with van der Waals surface area (Å²) in [6.45, 7) is 1.66. The van der Waals surface area contributed by atoms with Crippen LogP contribution in [0.2, 0.25) is 0 Å². The summed E-state index contributed by atoms with van der Waals surface area (Å²) >= 11 is 0. The summed E-state index contributed by atoms with van der Waals surface area (Å²) < 4.78 is 2.01. The van der Waals surface area contributed by atoms with E-state index in [0.717, 1.165) is 11.1 Å². The van der Waals surface area contributed by atoms with Gasteiger partial charge in [-0.15, -0.1) is 0 Å². The Bertz CT molecular complexity index is 813. The van der Waals surface area contributed by atoms with Gasteiger partial charge in [-0.25, -0.2) is 0 Å². The van der Waals surface area contributed by atoms with Crippen molar-refractivity contribution in [1.82, 2.24) is 25.0 Å². The molecule has 1 aliphatic heterocycles. The van der Waals surface area contributed by atoms with Crippen molar-refractivity contribution < 1.29 is 9.59 Å². The largest absolute Gasteiger partial charge is 0.354 e. The number of aromatic nitrogens is 3. The fourth-order valence-corrected chi connectivity index (χ4v) is 3.58. The van der Waals surface area contributed by atoms with Crippen LogP contribution in [0.1, 0.15) is 30.9 Å². The molecule has 0 bridgehead atoms. The number of carbonyl (C=O) groups excluding carboxylic acids is 2. The number of carbonyl (C=O) groups is 2. The second-order valence-electron chi connectivity index (χ2n) is 7.14. The van der Waals surface area contributed by atoms with Crippen LogP contribution in [0.25, 0.3) is 11.1 Å². The number of amides is 2. The summed E-state index contributed by atoms with van der Waals surface area (Å²) in [5, 5.41) is 7.52. The Hall–Kier alpha value is -2.70. The molecular weight excluding hydrogens is 330 g/mol. The lowest BCUT2D eigenvalue weighted by Crippen LogP contribution is -2.34. The van der Waals surface area contributed by atoms with E-state index < -0.39 is 0 Å². The smallest absolute Gasteiger partial charge is 0.225 e. The van der Waals surface area contributed by atoms with Crippen molar-refractivity contribution in [2.24, 2.45) is 5.92 Å². The average molecular weight is 353 g/mol. The minimum absolute atomic E-state index is 0.0373. The first-order valence-corrected chi connectivity index (χ1v) is 9.11. The highest BCUT2D eigenvalue weighted by Gasteiger charge is 2.32. The van der Waals surface area contributed by atoms with Crippen molar-refractivity contribution in [3.05, 3.63) is 36.4 Å². The highest BCUT2D eigenvalue weighted by atomic mass is 16.2. The molecule has 2 fully saturated rings. The molecule has 2 amide bonds. The summed E-state index contributed by atoms with van der Waals surface area (Å²) in [4.78, 5) is 29.5. The monoisotopic (exact) mass is 353 g/mol. The zero-order valence-electron chi connectivity index (χ0n) is 14.9. The second kappa shape index (κ2) is 6.90. The zero-order chi connectivity index (χ0) is 18.1. The first-order chi connectivity index (χ1) is 12.6. The number of pyridine rings is 1. The van der Waals surface area contributed by atoms with E-state index in [0.29, 0.717) is 32.0 Å². The molecule has 2 aromatic rings. The molecule has 1 atom stereocenters. The molecule has 136 valence electrons. The van der Waals surface area contributed by atoms with Crippen LogP contribution in [-0.2, 0) is 16.1 Å². The summed E-state index contributed by atoms with van der Waals surface area (Å²) in [7, 11) is 1.74. The molecule has 7 nitrogen and oxygen atoms in total. The maximum atomic E-state index is 12.3. The Balaban J connectivity index is 1.40. The predicted octanol–water partition coefficient (Wildman–Crippen LogP) is 1.42. The summed E-state index contributed by atoms with van der Waals surface area (Å²) in [6.07, 6.45) is 8.19. The maximum absolute atomic E-state index is 12.3. The summed E-state index contributed by atoms with van der Waals surface area (Å²) in [5.41, 5.74) is 3.54. The molecule has 2 aromatic heterocycles. The van der Waals surface area contributed by atoms with Gasteiger partial charge >= 0.3 is 0 Å². The van der Waals surface area contributed by atoms with Gasteiger partial charge in [-0.3, -0.25) is 19.3 Å². The lowest BCUT2D eigenvalue weighted by atomic mass is 10.1. The predicted molar refractivity (Wildman–Crippen MR) is 96.2 cm³/mol. The fraction of sp³-hybridized carbons (Fsp3) is 0.474. The van der Waals surface area contributed by atoms with Crippen LogP contribution in [0.15, 0.2) is 30.7 Å².